The Morgan fingerprint density at radius 3 is 2.76 bits per heavy atom. The lowest BCUT2D eigenvalue weighted by Crippen LogP contribution is -2.26. The summed E-state index contributed by atoms with van der Waals surface area (Å²) in [6.45, 7) is 11.5. The summed E-state index contributed by atoms with van der Waals surface area (Å²) in [5.74, 6) is 1.80. The second-order valence-corrected chi connectivity index (χ2v) is 7.67. The number of allylic oxidation sites excluding steroid dienone is 1. The summed E-state index contributed by atoms with van der Waals surface area (Å²) in [5, 5.41) is 4.17. The summed E-state index contributed by atoms with van der Waals surface area (Å²) in [6.07, 6.45) is 1.82. The average molecular weight is 390 g/mol. The molecule has 0 unspecified atom stereocenters. The molecule has 1 aromatic heterocycles. The first-order valence-corrected chi connectivity index (χ1v) is 9.90. The Morgan fingerprint density at radius 2 is 2.00 bits per heavy atom. The molecular weight excluding hydrogens is 364 g/mol. The third-order valence-electron chi connectivity index (χ3n) is 5.42. The van der Waals surface area contributed by atoms with Crippen molar-refractivity contribution >= 4 is 16.8 Å². The van der Waals surface area contributed by atoms with E-state index in [-0.39, 0.29) is 12.7 Å². The number of ether oxygens (including phenoxy) is 2. The number of hydrogen-bond donors (Lipinski definition) is 1. The van der Waals surface area contributed by atoms with Gasteiger partial charge >= 0.3 is 0 Å². The van der Waals surface area contributed by atoms with Gasteiger partial charge < -0.3 is 19.4 Å². The maximum Gasteiger partial charge on any atom is 0.268 e. The van der Waals surface area contributed by atoms with Crippen molar-refractivity contribution in [3.63, 3.8) is 0 Å². The normalized spacial score (nSPS) is 12.6. The van der Waals surface area contributed by atoms with Crippen LogP contribution in [0, 0.1) is 6.92 Å². The van der Waals surface area contributed by atoms with Crippen molar-refractivity contribution in [2.24, 2.45) is 0 Å². The first-order valence-electron chi connectivity index (χ1n) is 9.90. The van der Waals surface area contributed by atoms with Crippen LogP contribution in [0.5, 0.6) is 11.5 Å². The van der Waals surface area contributed by atoms with Crippen LogP contribution in [0.4, 0.5) is 0 Å². The highest BCUT2D eigenvalue weighted by Crippen LogP contribution is 2.33. The summed E-state index contributed by atoms with van der Waals surface area (Å²) >= 11 is 0. The zero-order valence-electron chi connectivity index (χ0n) is 17.1. The smallest absolute Gasteiger partial charge is 0.268 e. The van der Waals surface area contributed by atoms with E-state index in [1.165, 1.54) is 5.56 Å². The second-order valence-electron chi connectivity index (χ2n) is 7.67. The van der Waals surface area contributed by atoms with Crippen LogP contribution in [0.2, 0.25) is 0 Å². The van der Waals surface area contributed by atoms with E-state index in [1.54, 1.807) is 0 Å². The summed E-state index contributed by atoms with van der Waals surface area (Å²) in [7, 11) is 0. The van der Waals surface area contributed by atoms with E-state index >= 15 is 0 Å². The molecule has 4 rings (SSSR count). The van der Waals surface area contributed by atoms with E-state index in [4.69, 9.17) is 9.47 Å². The van der Waals surface area contributed by atoms with Gasteiger partial charge in [0.25, 0.3) is 5.91 Å². The van der Waals surface area contributed by atoms with E-state index < -0.39 is 0 Å². The minimum Gasteiger partial charge on any atom is -0.454 e. The number of benzene rings is 2. The summed E-state index contributed by atoms with van der Waals surface area (Å²) < 4.78 is 12.8. The predicted octanol–water partition coefficient (Wildman–Crippen LogP) is 4.92. The van der Waals surface area contributed by atoms with Gasteiger partial charge in [-0.25, -0.2) is 0 Å². The Kier molecular flexibility index (Phi) is 5.05. The first-order chi connectivity index (χ1) is 14.0. The van der Waals surface area contributed by atoms with Gasteiger partial charge in [-0.1, -0.05) is 32.1 Å². The molecule has 0 bridgehead atoms. The molecular formula is C24H26N2O3. The van der Waals surface area contributed by atoms with Crippen LogP contribution in [-0.2, 0) is 13.1 Å². The molecule has 0 fully saturated rings. The molecule has 1 N–H and O–H groups in total. The molecule has 3 aromatic rings. The molecule has 29 heavy (non-hydrogen) atoms. The number of amides is 1. The maximum atomic E-state index is 13.1. The monoisotopic (exact) mass is 390 g/mol. The number of nitrogens with zero attached hydrogens (tertiary/aromatic N) is 1. The quantitative estimate of drug-likeness (QED) is 0.608. The van der Waals surface area contributed by atoms with Crippen LogP contribution < -0.4 is 14.8 Å². The van der Waals surface area contributed by atoms with E-state index in [0.717, 1.165) is 33.5 Å². The minimum absolute atomic E-state index is 0.0932. The molecule has 0 aliphatic carbocycles. The summed E-state index contributed by atoms with van der Waals surface area (Å²) in [5.41, 5.74) is 4.96. The van der Waals surface area contributed by atoms with Gasteiger partial charge in [0.1, 0.15) is 5.69 Å². The maximum absolute atomic E-state index is 13.1. The Morgan fingerprint density at radius 1 is 1.21 bits per heavy atom. The lowest BCUT2D eigenvalue weighted by molar-refractivity contribution is 0.0942. The van der Waals surface area contributed by atoms with Crippen LogP contribution in [0.3, 0.4) is 0 Å². The second kappa shape index (κ2) is 7.66. The van der Waals surface area contributed by atoms with Gasteiger partial charge in [0.05, 0.1) is 0 Å². The van der Waals surface area contributed by atoms with Gasteiger partial charge in [0, 0.05) is 24.0 Å². The van der Waals surface area contributed by atoms with Crippen LogP contribution in [-0.4, -0.2) is 17.3 Å². The zero-order chi connectivity index (χ0) is 20.5. The Hall–Kier alpha value is -3.21. The molecule has 5 heteroatoms. The zero-order valence-corrected chi connectivity index (χ0v) is 17.1. The molecule has 2 aromatic carbocycles. The molecule has 0 radical (unpaired) electrons. The number of carbonyl (C=O) groups is 1. The fourth-order valence-corrected chi connectivity index (χ4v) is 3.83. The van der Waals surface area contributed by atoms with Gasteiger partial charge in [-0.3, -0.25) is 4.79 Å². The Bertz CT molecular complexity index is 1100. The van der Waals surface area contributed by atoms with Gasteiger partial charge in [-0.05, 0) is 53.8 Å². The predicted molar refractivity (Wildman–Crippen MR) is 115 cm³/mol. The highest BCUT2D eigenvalue weighted by molar-refractivity contribution is 6.01. The van der Waals surface area contributed by atoms with Crippen LogP contribution in [0.1, 0.15) is 46.9 Å². The molecule has 0 saturated carbocycles. The molecule has 1 amide bonds. The van der Waals surface area contributed by atoms with E-state index in [2.05, 4.69) is 43.9 Å². The molecule has 5 nitrogen and oxygen atoms in total. The van der Waals surface area contributed by atoms with Crippen molar-refractivity contribution in [2.45, 2.75) is 39.8 Å². The highest BCUT2D eigenvalue weighted by Gasteiger charge is 2.21. The van der Waals surface area contributed by atoms with E-state index in [1.807, 2.05) is 35.8 Å². The lowest BCUT2D eigenvalue weighted by atomic mass is 10.0. The Labute approximate surface area is 170 Å². The van der Waals surface area contributed by atoms with Gasteiger partial charge in [0.2, 0.25) is 6.79 Å². The third kappa shape index (κ3) is 3.48. The highest BCUT2D eigenvalue weighted by atomic mass is 16.7. The lowest BCUT2D eigenvalue weighted by Gasteiger charge is -2.11. The largest absolute Gasteiger partial charge is 0.454 e. The minimum atomic E-state index is -0.0932. The summed E-state index contributed by atoms with van der Waals surface area (Å²) in [6, 6.07) is 12.2. The molecule has 0 spiro atoms. The standard InChI is InChI=1S/C24H26N2O3/c1-5-10-26-20-8-7-18(15(2)3)12-19(20)16(4)23(26)24(27)25-13-17-6-9-21-22(11-17)29-14-28-21/h5-9,11-12,15H,1,10,13-14H2,2-4H3,(H,25,27). The number of hydrogen-bond acceptors (Lipinski definition) is 3. The van der Waals surface area contributed by atoms with Crippen LogP contribution in [0.15, 0.2) is 49.1 Å². The third-order valence-corrected chi connectivity index (χ3v) is 5.42. The Balaban J connectivity index is 1.64. The van der Waals surface area contributed by atoms with Crippen molar-refractivity contribution in [1.82, 2.24) is 9.88 Å². The first kappa shape index (κ1) is 19.1. The van der Waals surface area contributed by atoms with Crippen LogP contribution >= 0.6 is 0 Å². The average Bonchev–Trinajstić information content (AvgIpc) is 3.28. The number of aryl methyl sites for hydroxylation is 1. The molecule has 2 heterocycles. The number of rotatable bonds is 6. The van der Waals surface area contributed by atoms with E-state index in [9.17, 15) is 4.79 Å². The van der Waals surface area contributed by atoms with Crippen molar-refractivity contribution in [1.29, 1.82) is 0 Å². The SMILES string of the molecule is C=CCn1c(C(=O)NCc2ccc3c(c2)OCO3)c(C)c2cc(C(C)C)ccc21. The number of aromatic nitrogens is 1. The van der Waals surface area contributed by atoms with Crippen molar-refractivity contribution in [3.8, 4) is 11.5 Å². The van der Waals surface area contributed by atoms with Gasteiger partial charge in [0.15, 0.2) is 11.5 Å². The van der Waals surface area contributed by atoms with Crippen LogP contribution in [0.25, 0.3) is 10.9 Å². The van der Waals surface area contributed by atoms with Crippen molar-refractivity contribution in [3.05, 3.63) is 71.4 Å². The molecule has 150 valence electrons. The fourth-order valence-electron chi connectivity index (χ4n) is 3.83. The van der Waals surface area contributed by atoms with Gasteiger partial charge in [-0.2, -0.15) is 0 Å². The molecule has 1 aliphatic heterocycles. The number of carbonyl (C=O) groups excluding carboxylic acids is 1. The van der Waals surface area contributed by atoms with Crippen molar-refractivity contribution in [2.75, 3.05) is 6.79 Å². The molecule has 0 saturated heterocycles. The molecule has 1 aliphatic rings. The molecule has 0 atom stereocenters. The fraction of sp³-hybridized carbons (Fsp3) is 0.292. The van der Waals surface area contributed by atoms with E-state index in [0.29, 0.717) is 24.7 Å². The number of nitrogens with one attached hydrogen (secondary N) is 1. The topological polar surface area (TPSA) is 52.5 Å². The number of fused-ring (bicyclic) bond motifs is 2. The summed E-state index contributed by atoms with van der Waals surface area (Å²) in [4.78, 5) is 13.1. The van der Waals surface area contributed by atoms with Crippen molar-refractivity contribution < 1.29 is 14.3 Å². The van der Waals surface area contributed by atoms with Gasteiger partial charge in [-0.15, -0.1) is 6.58 Å².